The van der Waals surface area contributed by atoms with Gasteiger partial charge in [-0.2, -0.15) is 0 Å². The minimum atomic E-state index is -0.277. The molecule has 1 aromatic carbocycles. The van der Waals surface area contributed by atoms with Crippen molar-refractivity contribution in [2.75, 3.05) is 17.4 Å². The lowest BCUT2D eigenvalue weighted by molar-refractivity contribution is -0.116. The van der Waals surface area contributed by atoms with Gasteiger partial charge in [-0.25, -0.2) is 0 Å². The monoisotopic (exact) mass is 255 g/mol. The minimum absolute atomic E-state index is 0.0852. The molecule has 0 heterocycles. The van der Waals surface area contributed by atoms with Crippen molar-refractivity contribution in [3.8, 4) is 0 Å². The van der Waals surface area contributed by atoms with E-state index in [-0.39, 0.29) is 24.4 Å². The Bertz CT molecular complexity index is 386. The normalized spacial score (nSPS) is 12.3. The maximum absolute atomic E-state index is 11.9. The van der Waals surface area contributed by atoms with Crippen LogP contribution in [0.5, 0.6) is 0 Å². The van der Waals surface area contributed by atoms with E-state index in [0.29, 0.717) is 0 Å². The molecule has 0 bridgehead atoms. The molecule has 0 saturated carbocycles. The molecule has 3 nitrogen and oxygen atoms in total. The van der Waals surface area contributed by atoms with Crippen LogP contribution in [-0.2, 0) is 4.79 Å². The Balaban J connectivity index is 3.26. The lowest BCUT2D eigenvalue weighted by atomic mass is 10.1. The molecule has 0 fully saturated rings. The first-order valence-corrected chi connectivity index (χ1v) is 6.11. The Morgan fingerprint density at radius 1 is 1.41 bits per heavy atom. The quantitative estimate of drug-likeness (QED) is 0.839. The van der Waals surface area contributed by atoms with Gasteiger partial charge in [0.1, 0.15) is 5.88 Å². The summed E-state index contributed by atoms with van der Waals surface area (Å²) in [4.78, 5) is 13.5. The van der Waals surface area contributed by atoms with E-state index in [4.69, 9.17) is 11.6 Å². The first-order chi connectivity index (χ1) is 8.02. The van der Waals surface area contributed by atoms with Crippen LogP contribution in [0.4, 0.5) is 5.69 Å². The second kappa shape index (κ2) is 6.03. The van der Waals surface area contributed by atoms with Gasteiger partial charge in [0.2, 0.25) is 5.91 Å². The summed E-state index contributed by atoms with van der Waals surface area (Å²) in [6, 6.07) is 5.56. The van der Waals surface area contributed by atoms with Crippen molar-refractivity contribution in [2.24, 2.45) is 0 Å². The zero-order valence-electron chi connectivity index (χ0n) is 10.4. The number of hydrogen-bond donors (Lipinski definition) is 1. The highest BCUT2D eigenvalue weighted by Gasteiger charge is 2.23. The SMILES string of the molecule is Cc1cccc(C)c1N(C(=O)CCl)[C@@H](C)CO. The number of nitrogens with zero attached hydrogens (tertiary/aromatic N) is 1. The van der Waals surface area contributed by atoms with Crippen LogP contribution in [-0.4, -0.2) is 29.5 Å². The van der Waals surface area contributed by atoms with Gasteiger partial charge in [0.15, 0.2) is 0 Å². The number of aliphatic hydroxyl groups excluding tert-OH is 1. The zero-order chi connectivity index (χ0) is 13.0. The first kappa shape index (κ1) is 14.0. The highest BCUT2D eigenvalue weighted by atomic mass is 35.5. The highest BCUT2D eigenvalue weighted by Crippen LogP contribution is 2.26. The number of rotatable bonds is 4. The molecule has 1 rings (SSSR count). The van der Waals surface area contributed by atoms with Crippen LogP contribution in [0.1, 0.15) is 18.1 Å². The fourth-order valence-electron chi connectivity index (χ4n) is 1.92. The van der Waals surface area contributed by atoms with E-state index >= 15 is 0 Å². The predicted octanol–water partition coefficient (Wildman–Crippen LogP) is 2.26. The molecule has 0 aromatic heterocycles. The molecule has 0 aliphatic carbocycles. The number of carbonyl (C=O) groups is 1. The van der Waals surface area contributed by atoms with Gasteiger partial charge in [-0.1, -0.05) is 18.2 Å². The van der Waals surface area contributed by atoms with Gasteiger partial charge in [0.05, 0.1) is 12.6 Å². The van der Waals surface area contributed by atoms with Gasteiger partial charge in [0.25, 0.3) is 0 Å². The van der Waals surface area contributed by atoms with Crippen molar-refractivity contribution in [3.05, 3.63) is 29.3 Å². The van der Waals surface area contributed by atoms with Gasteiger partial charge in [-0.3, -0.25) is 4.79 Å². The molecule has 4 heteroatoms. The van der Waals surface area contributed by atoms with Crippen LogP contribution in [0.25, 0.3) is 0 Å². The first-order valence-electron chi connectivity index (χ1n) is 5.58. The number of carbonyl (C=O) groups excluding carboxylic acids is 1. The molecular weight excluding hydrogens is 238 g/mol. The summed E-state index contributed by atoms with van der Waals surface area (Å²) in [5.74, 6) is -0.274. The van der Waals surface area contributed by atoms with E-state index in [1.54, 1.807) is 11.8 Å². The van der Waals surface area contributed by atoms with Gasteiger partial charge in [0, 0.05) is 5.69 Å². The van der Waals surface area contributed by atoms with E-state index in [0.717, 1.165) is 16.8 Å². The average molecular weight is 256 g/mol. The fraction of sp³-hybridized carbons (Fsp3) is 0.462. The maximum atomic E-state index is 11.9. The molecule has 1 atom stereocenters. The predicted molar refractivity (Wildman–Crippen MR) is 70.7 cm³/mol. The number of aryl methyl sites for hydroxylation is 2. The number of amides is 1. The van der Waals surface area contributed by atoms with Crippen molar-refractivity contribution >= 4 is 23.2 Å². The van der Waals surface area contributed by atoms with Gasteiger partial charge < -0.3 is 10.0 Å². The van der Waals surface area contributed by atoms with E-state index < -0.39 is 0 Å². The summed E-state index contributed by atoms with van der Waals surface area (Å²) in [5.41, 5.74) is 2.85. The third-order valence-corrected chi connectivity index (χ3v) is 3.00. The van der Waals surface area contributed by atoms with Gasteiger partial charge in [-0.15, -0.1) is 11.6 Å². The third kappa shape index (κ3) is 2.99. The summed E-state index contributed by atoms with van der Waals surface area (Å²) < 4.78 is 0. The van der Waals surface area contributed by atoms with Crippen LogP contribution < -0.4 is 4.90 Å². The van der Waals surface area contributed by atoms with Crippen molar-refractivity contribution < 1.29 is 9.90 Å². The molecule has 0 radical (unpaired) electrons. The molecular formula is C13H18ClNO2. The number of halogens is 1. The standard InChI is InChI=1S/C13H18ClNO2/c1-9-5-4-6-10(2)13(9)15(11(3)8-16)12(17)7-14/h4-6,11,16H,7-8H2,1-3H3/t11-/m0/s1. The number of hydrogen-bond acceptors (Lipinski definition) is 2. The van der Waals surface area contributed by atoms with E-state index in [9.17, 15) is 9.90 Å². The second-order valence-corrected chi connectivity index (χ2v) is 4.44. The number of alkyl halides is 1. The average Bonchev–Trinajstić information content (AvgIpc) is 2.32. The topological polar surface area (TPSA) is 40.5 Å². The Kier molecular flexibility index (Phi) is 4.97. The molecule has 17 heavy (non-hydrogen) atoms. The fourth-order valence-corrected chi connectivity index (χ4v) is 2.05. The summed E-state index contributed by atoms with van der Waals surface area (Å²) in [7, 11) is 0. The maximum Gasteiger partial charge on any atom is 0.242 e. The number of anilines is 1. The lowest BCUT2D eigenvalue weighted by Crippen LogP contribution is -2.42. The molecule has 1 amide bonds. The molecule has 1 aromatic rings. The van der Waals surface area contributed by atoms with Crippen molar-refractivity contribution in [2.45, 2.75) is 26.8 Å². The third-order valence-electron chi connectivity index (χ3n) is 2.77. The number of benzene rings is 1. The Morgan fingerprint density at radius 2 is 1.94 bits per heavy atom. The number of aliphatic hydroxyl groups is 1. The van der Waals surface area contributed by atoms with Crippen LogP contribution in [0.15, 0.2) is 18.2 Å². The van der Waals surface area contributed by atoms with Gasteiger partial charge >= 0.3 is 0 Å². The summed E-state index contributed by atoms with van der Waals surface area (Å²) in [5, 5.41) is 9.26. The van der Waals surface area contributed by atoms with Crippen LogP contribution in [0, 0.1) is 13.8 Å². The molecule has 0 aliphatic heterocycles. The van der Waals surface area contributed by atoms with Crippen molar-refractivity contribution in [3.63, 3.8) is 0 Å². The van der Waals surface area contributed by atoms with Crippen LogP contribution in [0.2, 0.25) is 0 Å². The smallest absolute Gasteiger partial charge is 0.242 e. The molecule has 94 valence electrons. The lowest BCUT2D eigenvalue weighted by Gasteiger charge is -2.30. The van der Waals surface area contributed by atoms with Crippen LogP contribution in [0.3, 0.4) is 0 Å². The second-order valence-electron chi connectivity index (χ2n) is 4.17. The van der Waals surface area contributed by atoms with Crippen molar-refractivity contribution in [1.82, 2.24) is 0 Å². The Morgan fingerprint density at radius 3 is 2.35 bits per heavy atom. The molecule has 0 saturated heterocycles. The molecule has 0 spiro atoms. The molecule has 1 N–H and O–H groups in total. The Hall–Kier alpha value is -1.06. The minimum Gasteiger partial charge on any atom is -0.394 e. The van der Waals surface area contributed by atoms with E-state index in [1.807, 2.05) is 32.0 Å². The van der Waals surface area contributed by atoms with Crippen molar-refractivity contribution in [1.29, 1.82) is 0 Å². The zero-order valence-corrected chi connectivity index (χ0v) is 11.2. The molecule has 0 aliphatic rings. The number of para-hydroxylation sites is 1. The Labute approximate surface area is 107 Å². The summed E-state index contributed by atoms with van der Waals surface area (Å²) in [6.45, 7) is 5.61. The van der Waals surface area contributed by atoms with E-state index in [2.05, 4.69) is 0 Å². The molecule has 0 unspecified atom stereocenters. The summed E-state index contributed by atoms with van der Waals surface area (Å²) in [6.07, 6.45) is 0. The van der Waals surface area contributed by atoms with E-state index in [1.165, 1.54) is 0 Å². The van der Waals surface area contributed by atoms with Crippen LogP contribution >= 0.6 is 11.6 Å². The van der Waals surface area contributed by atoms with Gasteiger partial charge in [-0.05, 0) is 31.9 Å². The largest absolute Gasteiger partial charge is 0.394 e. The highest BCUT2D eigenvalue weighted by molar-refractivity contribution is 6.29. The summed E-state index contributed by atoms with van der Waals surface area (Å²) >= 11 is 5.63.